The lowest BCUT2D eigenvalue weighted by atomic mass is 10.1. The zero-order valence-corrected chi connectivity index (χ0v) is 14.4. The van der Waals surface area contributed by atoms with E-state index >= 15 is 0 Å². The smallest absolute Gasteiger partial charge is 0.120 e. The number of aromatic nitrogens is 1. The van der Waals surface area contributed by atoms with Gasteiger partial charge >= 0.3 is 0 Å². The maximum atomic E-state index is 5.62. The van der Waals surface area contributed by atoms with E-state index in [1.54, 1.807) is 11.8 Å². The van der Waals surface area contributed by atoms with E-state index in [1.165, 1.54) is 4.90 Å². The van der Waals surface area contributed by atoms with Crippen molar-refractivity contribution in [1.82, 2.24) is 4.98 Å². The quantitative estimate of drug-likeness (QED) is 0.637. The van der Waals surface area contributed by atoms with Crippen molar-refractivity contribution in [1.29, 1.82) is 0 Å². The number of hydrogen-bond acceptors (Lipinski definition) is 4. The normalized spacial score (nSPS) is 10.7. The van der Waals surface area contributed by atoms with E-state index < -0.39 is 0 Å². The van der Waals surface area contributed by atoms with Crippen molar-refractivity contribution in [2.45, 2.75) is 18.7 Å². The lowest BCUT2D eigenvalue weighted by Crippen LogP contribution is -1.96. The van der Waals surface area contributed by atoms with Crippen LogP contribution in [0.2, 0.25) is 0 Å². The number of anilines is 2. The van der Waals surface area contributed by atoms with Crippen LogP contribution in [0.25, 0.3) is 10.9 Å². The lowest BCUT2D eigenvalue weighted by molar-refractivity contribution is 0.340. The van der Waals surface area contributed by atoms with Gasteiger partial charge in [-0.2, -0.15) is 0 Å². The average molecular weight is 324 g/mol. The predicted molar refractivity (Wildman–Crippen MR) is 99.2 cm³/mol. The zero-order chi connectivity index (χ0) is 16.2. The number of thioether (sulfide) groups is 1. The molecule has 0 aliphatic heterocycles. The van der Waals surface area contributed by atoms with Crippen LogP contribution >= 0.6 is 11.8 Å². The van der Waals surface area contributed by atoms with Crippen LogP contribution in [0.4, 0.5) is 11.4 Å². The Bertz CT molecular complexity index is 815. The number of nitrogens with zero attached hydrogens (tertiary/aromatic N) is 1. The highest BCUT2D eigenvalue weighted by Gasteiger charge is 2.06. The molecule has 0 fully saturated rings. The van der Waals surface area contributed by atoms with Gasteiger partial charge < -0.3 is 10.1 Å². The summed E-state index contributed by atoms with van der Waals surface area (Å²) in [6, 6.07) is 16.5. The van der Waals surface area contributed by atoms with Crippen molar-refractivity contribution in [2.75, 3.05) is 18.2 Å². The van der Waals surface area contributed by atoms with E-state index in [2.05, 4.69) is 46.9 Å². The molecular formula is C19H20N2OS. The van der Waals surface area contributed by atoms with E-state index in [9.17, 15) is 0 Å². The minimum absolute atomic E-state index is 0.656. The molecule has 3 nitrogen and oxygen atoms in total. The van der Waals surface area contributed by atoms with Gasteiger partial charge in [-0.1, -0.05) is 0 Å². The second-order valence-electron chi connectivity index (χ2n) is 5.28. The molecule has 0 amide bonds. The van der Waals surface area contributed by atoms with Crippen LogP contribution in [0.5, 0.6) is 5.75 Å². The van der Waals surface area contributed by atoms with E-state index in [0.29, 0.717) is 6.61 Å². The third-order valence-electron chi connectivity index (χ3n) is 3.59. The van der Waals surface area contributed by atoms with Crippen LogP contribution < -0.4 is 10.1 Å². The standard InChI is InChI=1S/C19H20N2OS/c1-4-22-15-7-10-18-17(12-15)19(11-13(2)20-18)21-14-5-8-16(23-3)9-6-14/h5-12H,4H2,1-3H3,(H,20,21). The SMILES string of the molecule is CCOc1ccc2nc(C)cc(Nc3ccc(SC)cc3)c2c1. The highest BCUT2D eigenvalue weighted by Crippen LogP contribution is 2.30. The minimum atomic E-state index is 0.656. The summed E-state index contributed by atoms with van der Waals surface area (Å²) in [5, 5.41) is 4.57. The second kappa shape index (κ2) is 6.92. The first-order valence-electron chi connectivity index (χ1n) is 7.65. The van der Waals surface area contributed by atoms with Crippen molar-refractivity contribution < 1.29 is 4.74 Å². The molecule has 0 aliphatic carbocycles. The molecule has 1 aromatic heterocycles. The molecule has 2 aromatic carbocycles. The van der Waals surface area contributed by atoms with Gasteiger partial charge in [0, 0.05) is 27.4 Å². The fourth-order valence-electron chi connectivity index (χ4n) is 2.53. The average Bonchev–Trinajstić information content (AvgIpc) is 2.56. The van der Waals surface area contributed by atoms with Crippen LogP contribution in [0.3, 0.4) is 0 Å². The Morgan fingerprint density at radius 3 is 2.57 bits per heavy atom. The molecular weight excluding hydrogens is 304 g/mol. The first kappa shape index (κ1) is 15.7. The first-order chi connectivity index (χ1) is 11.2. The first-order valence-corrected chi connectivity index (χ1v) is 8.87. The van der Waals surface area contributed by atoms with E-state index in [-0.39, 0.29) is 0 Å². The number of nitrogens with one attached hydrogen (secondary N) is 1. The van der Waals surface area contributed by atoms with Crippen LogP contribution in [-0.2, 0) is 0 Å². The number of fused-ring (bicyclic) bond motifs is 1. The van der Waals surface area contributed by atoms with Gasteiger partial charge in [0.15, 0.2) is 0 Å². The number of hydrogen-bond donors (Lipinski definition) is 1. The number of pyridine rings is 1. The molecule has 4 heteroatoms. The summed E-state index contributed by atoms with van der Waals surface area (Å²) < 4.78 is 5.62. The highest BCUT2D eigenvalue weighted by atomic mass is 32.2. The maximum Gasteiger partial charge on any atom is 0.120 e. The third kappa shape index (κ3) is 3.59. The molecule has 0 atom stereocenters. The maximum absolute atomic E-state index is 5.62. The fraction of sp³-hybridized carbons (Fsp3) is 0.211. The van der Waals surface area contributed by atoms with Crippen molar-refractivity contribution >= 4 is 34.0 Å². The summed E-state index contributed by atoms with van der Waals surface area (Å²) >= 11 is 1.74. The van der Waals surface area contributed by atoms with Crippen molar-refractivity contribution in [3.63, 3.8) is 0 Å². The fourth-order valence-corrected chi connectivity index (χ4v) is 2.94. The summed E-state index contributed by atoms with van der Waals surface area (Å²) in [4.78, 5) is 5.86. The molecule has 0 saturated heterocycles. The summed E-state index contributed by atoms with van der Waals surface area (Å²) in [6.45, 7) is 4.66. The Hall–Kier alpha value is -2.20. The van der Waals surface area contributed by atoms with Crippen LogP contribution in [0, 0.1) is 6.92 Å². The van der Waals surface area contributed by atoms with Gasteiger partial charge in [-0.15, -0.1) is 11.8 Å². The molecule has 0 spiro atoms. The van der Waals surface area contributed by atoms with Gasteiger partial charge in [-0.05, 0) is 68.6 Å². The van der Waals surface area contributed by atoms with Gasteiger partial charge in [0.25, 0.3) is 0 Å². The van der Waals surface area contributed by atoms with Crippen LogP contribution in [0.1, 0.15) is 12.6 Å². The van der Waals surface area contributed by atoms with Gasteiger partial charge in [0.05, 0.1) is 12.1 Å². The number of aryl methyl sites for hydroxylation is 1. The molecule has 0 unspecified atom stereocenters. The molecule has 3 rings (SSSR count). The second-order valence-corrected chi connectivity index (χ2v) is 6.16. The Kier molecular flexibility index (Phi) is 4.72. The molecule has 1 N–H and O–H groups in total. The highest BCUT2D eigenvalue weighted by molar-refractivity contribution is 7.98. The van der Waals surface area contributed by atoms with Crippen LogP contribution in [0.15, 0.2) is 53.4 Å². The Labute approximate surface area is 141 Å². The molecule has 0 bridgehead atoms. The van der Waals surface area contributed by atoms with Gasteiger partial charge in [0.2, 0.25) is 0 Å². The minimum Gasteiger partial charge on any atom is -0.494 e. The summed E-state index contributed by atoms with van der Waals surface area (Å²) in [5.74, 6) is 0.867. The molecule has 23 heavy (non-hydrogen) atoms. The Morgan fingerprint density at radius 1 is 1.09 bits per heavy atom. The summed E-state index contributed by atoms with van der Waals surface area (Å²) in [7, 11) is 0. The summed E-state index contributed by atoms with van der Waals surface area (Å²) in [6.07, 6.45) is 2.08. The molecule has 1 heterocycles. The molecule has 3 aromatic rings. The topological polar surface area (TPSA) is 34.1 Å². The number of benzene rings is 2. The van der Waals surface area contributed by atoms with Crippen molar-refractivity contribution in [3.05, 3.63) is 54.2 Å². The summed E-state index contributed by atoms with van der Waals surface area (Å²) in [5.41, 5.74) is 4.07. The molecule has 0 saturated carbocycles. The van der Waals surface area contributed by atoms with E-state index in [4.69, 9.17) is 4.74 Å². The number of rotatable bonds is 5. The van der Waals surface area contributed by atoms with Crippen molar-refractivity contribution in [3.8, 4) is 5.75 Å². The van der Waals surface area contributed by atoms with E-state index in [0.717, 1.165) is 33.7 Å². The van der Waals surface area contributed by atoms with Crippen molar-refractivity contribution in [2.24, 2.45) is 0 Å². The zero-order valence-electron chi connectivity index (χ0n) is 13.6. The predicted octanol–water partition coefficient (Wildman–Crippen LogP) is 5.41. The Balaban J connectivity index is 2.01. The lowest BCUT2D eigenvalue weighted by Gasteiger charge is -2.12. The van der Waals surface area contributed by atoms with Gasteiger partial charge in [0.1, 0.15) is 5.75 Å². The Morgan fingerprint density at radius 2 is 1.87 bits per heavy atom. The van der Waals surface area contributed by atoms with Crippen LogP contribution in [-0.4, -0.2) is 17.8 Å². The third-order valence-corrected chi connectivity index (χ3v) is 4.33. The largest absolute Gasteiger partial charge is 0.494 e. The van der Waals surface area contributed by atoms with Gasteiger partial charge in [-0.25, -0.2) is 0 Å². The molecule has 118 valence electrons. The van der Waals surface area contributed by atoms with Gasteiger partial charge in [-0.3, -0.25) is 4.98 Å². The monoisotopic (exact) mass is 324 g/mol. The van der Waals surface area contributed by atoms with E-state index in [1.807, 2.05) is 32.0 Å². The molecule has 0 radical (unpaired) electrons. The number of ether oxygens (including phenoxy) is 1. The molecule has 0 aliphatic rings.